The predicted molar refractivity (Wildman–Crippen MR) is 62.9 cm³/mol. The molecule has 0 bridgehead atoms. The fourth-order valence-corrected chi connectivity index (χ4v) is 1.39. The maximum atomic E-state index is 9.12. The highest BCUT2D eigenvalue weighted by atomic mass is 16.5. The molecular weight excluding hydrogens is 206 g/mol. The third kappa shape index (κ3) is 4.08. The Morgan fingerprint density at radius 2 is 1.75 bits per heavy atom. The number of aliphatic hydroxyl groups excluding tert-OH is 1. The van der Waals surface area contributed by atoms with Gasteiger partial charge in [0.2, 0.25) is 0 Å². The van der Waals surface area contributed by atoms with Gasteiger partial charge in [0.25, 0.3) is 0 Å². The molecule has 0 radical (unpaired) electrons. The van der Waals surface area contributed by atoms with Gasteiger partial charge in [0.1, 0.15) is 11.5 Å². The molecule has 0 aliphatic heterocycles. The van der Waals surface area contributed by atoms with Gasteiger partial charge in [-0.3, -0.25) is 0 Å². The maximum Gasteiger partial charge on any atom is 0.122 e. The van der Waals surface area contributed by atoms with Gasteiger partial charge in [0.05, 0.1) is 20.3 Å². The quantitative estimate of drug-likeness (QED) is 0.763. The van der Waals surface area contributed by atoms with Crippen molar-refractivity contribution in [3.63, 3.8) is 0 Å². The van der Waals surface area contributed by atoms with E-state index in [4.69, 9.17) is 14.6 Å². The van der Waals surface area contributed by atoms with E-state index in [1.807, 2.05) is 18.2 Å². The Hall–Kier alpha value is -1.26. The van der Waals surface area contributed by atoms with E-state index in [0.29, 0.717) is 13.1 Å². The zero-order chi connectivity index (χ0) is 12.0. The molecule has 0 saturated carbocycles. The third-order valence-corrected chi connectivity index (χ3v) is 2.18. The lowest BCUT2D eigenvalue weighted by Gasteiger charge is -2.10. The molecular formula is C12H19NO3. The molecule has 0 heterocycles. The SMILES string of the molecule is COc1cc(CNCC(C)O)cc(OC)c1. The summed E-state index contributed by atoms with van der Waals surface area (Å²) in [5, 5.41) is 12.3. The average Bonchev–Trinajstić information content (AvgIpc) is 2.28. The summed E-state index contributed by atoms with van der Waals surface area (Å²) in [7, 11) is 3.25. The highest BCUT2D eigenvalue weighted by molar-refractivity contribution is 5.38. The number of aliphatic hydroxyl groups is 1. The summed E-state index contributed by atoms with van der Waals surface area (Å²) in [5.74, 6) is 1.54. The molecule has 0 spiro atoms. The van der Waals surface area contributed by atoms with E-state index in [1.165, 1.54) is 0 Å². The first-order valence-corrected chi connectivity index (χ1v) is 5.26. The van der Waals surface area contributed by atoms with Gasteiger partial charge in [-0.2, -0.15) is 0 Å². The van der Waals surface area contributed by atoms with Crippen LogP contribution in [0, 0.1) is 0 Å². The number of ether oxygens (including phenoxy) is 2. The molecule has 0 fully saturated rings. The first-order chi connectivity index (χ1) is 7.65. The average molecular weight is 225 g/mol. The van der Waals surface area contributed by atoms with E-state index < -0.39 is 0 Å². The molecule has 16 heavy (non-hydrogen) atoms. The number of hydrogen-bond donors (Lipinski definition) is 2. The minimum absolute atomic E-state index is 0.340. The van der Waals surface area contributed by atoms with Crippen LogP contribution in [0.15, 0.2) is 18.2 Å². The van der Waals surface area contributed by atoms with Crippen molar-refractivity contribution in [1.29, 1.82) is 0 Å². The van der Waals surface area contributed by atoms with Crippen molar-refractivity contribution in [3.8, 4) is 11.5 Å². The van der Waals surface area contributed by atoms with Gasteiger partial charge in [-0.05, 0) is 24.6 Å². The van der Waals surface area contributed by atoms with Crippen LogP contribution in [0.25, 0.3) is 0 Å². The fraction of sp³-hybridized carbons (Fsp3) is 0.500. The lowest BCUT2D eigenvalue weighted by Crippen LogP contribution is -2.23. The van der Waals surface area contributed by atoms with Gasteiger partial charge in [0.15, 0.2) is 0 Å². The second kappa shape index (κ2) is 6.35. The van der Waals surface area contributed by atoms with Crippen LogP contribution < -0.4 is 14.8 Å². The predicted octanol–water partition coefficient (Wildman–Crippen LogP) is 1.17. The number of rotatable bonds is 6. The molecule has 0 aromatic heterocycles. The van der Waals surface area contributed by atoms with Crippen molar-refractivity contribution in [2.75, 3.05) is 20.8 Å². The zero-order valence-corrected chi connectivity index (χ0v) is 9.99. The van der Waals surface area contributed by atoms with Crippen LogP contribution in [0.2, 0.25) is 0 Å². The Morgan fingerprint density at radius 1 is 1.19 bits per heavy atom. The van der Waals surface area contributed by atoms with Gasteiger partial charge in [-0.1, -0.05) is 0 Å². The van der Waals surface area contributed by atoms with Crippen LogP contribution in [-0.4, -0.2) is 32.0 Å². The van der Waals surface area contributed by atoms with Gasteiger partial charge < -0.3 is 19.9 Å². The summed E-state index contributed by atoms with van der Waals surface area (Å²) in [6.07, 6.45) is -0.340. The van der Waals surface area contributed by atoms with Gasteiger partial charge in [-0.25, -0.2) is 0 Å². The lowest BCUT2D eigenvalue weighted by atomic mass is 10.2. The van der Waals surface area contributed by atoms with Crippen LogP contribution in [0.1, 0.15) is 12.5 Å². The Balaban J connectivity index is 2.64. The molecule has 4 nitrogen and oxygen atoms in total. The molecule has 2 N–H and O–H groups in total. The van der Waals surface area contributed by atoms with E-state index in [-0.39, 0.29) is 6.10 Å². The van der Waals surface area contributed by atoms with Crippen LogP contribution in [0.4, 0.5) is 0 Å². The fourth-order valence-electron chi connectivity index (χ4n) is 1.39. The minimum atomic E-state index is -0.340. The topological polar surface area (TPSA) is 50.7 Å². The van der Waals surface area contributed by atoms with Crippen molar-refractivity contribution in [2.45, 2.75) is 19.6 Å². The summed E-state index contributed by atoms with van der Waals surface area (Å²) < 4.78 is 10.3. The number of methoxy groups -OCH3 is 2. The number of nitrogens with one attached hydrogen (secondary N) is 1. The zero-order valence-electron chi connectivity index (χ0n) is 9.99. The third-order valence-electron chi connectivity index (χ3n) is 2.18. The molecule has 1 aromatic rings. The molecule has 1 unspecified atom stereocenters. The van der Waals surface area contributed by atoms with Crippen molar-refractivity contribution < 1.29 is 14.6 Å². The summed E-state index contributed by atoms with van der Waals surface area (Å²) >= 11 is 0. The van der Waals surface area contributed by atoms with Crippen molar-refractivity contribution in [1.82, 2.24) is 5.32 Å². The second-order valence-corrected chi connectivity index (χ2v) is 3.70. The van der Waals surface area contributed by atoms with E-state index in [0.717, 1.165) is 17.1 Å². The summed E-state index contributed by atoms with van der Waals surface area (Å²) in [4.78, 5) is 0. The van der Waals surface area contributed by atoms with Crippen molar-refractivity contribution in [3.05, 3.63) is 23.8 Å². The molecule has 90 valence electrons. The highest BCUT2D eigenvalue weighted by Gasteiger charge is 2.02. The standard InChI is InChI=1S/C12H19NO3/c1-9(14)7-13-8-10-4-11(15-2)6-12(5-10)16-3/h4-6,9,13-14H,7-8H2,1-3H3. The van der Waals surface area contributed by atoms with Crippen molar-refractivity contribution >= 4 is 0 Å². The van der Waals surface area contributed by atoms with Crippen LogP contribution in [0.5, 0.6) is 11.5 Å². The largest absolute Gasteiger partial charge is 0.497 e. The van der Waals surface area contributed by atoms with E-state index >= 15 is 0 Å². The molecule has 1 rings (SSSR count). The van der Waals surface area contributed by atoms with E-state index in [9.17, 15) is 0 Å². The summed E-state index contributed by atoms with van der Waals surface area (Å²) in [6.45, 7) is 3.00. The number of benzene rings is 1. The van der Waals surface area contributed by atoms with Crippen LogP contribution in [-0.2, 0) is 6.54 Å². The molecule has 0 aliphatic rings. The molecule has 1 aromatic carbocycles. The first kappa shape index (κ1) is 12.8. The van der Waals surface area contributed by atoms with Crippen molar-refractivity contribution in [2.24, 2.45) is 0 Å². The van der Waals surface area contributed by atoms with E-state index in [1.54, 1.807) is 21.1 Å². The maximum absolute atomic E-state index is 9.12. The Bertz CT molecular complexity index is 304. The molecule has 0 amide bonds. The number of hydrogen-bond acceptors (Lipinski definition) is 4. The van der Waals surface area contributed by atoms with E-state index in [2.05, 4.69) is 5.32 Å². The van der Waals surface area contributed by atoms with Gasteiger partial charge >= 0.3 is 0 Å². The Morgan fingerprint density at radius 3 is 2.19 bits per heavy atom. The minimum Gasteiger partial charge on any atom is -0.497 e. The molecule has 0 saturated heterocycles. The highest BCUT2D eigenvalue weighted by Crippen LogP contribution is 2.22. The normalized spacial score (nSPS) is 12.2. The summed E-state index contributed by atoms with van der Waals surface area (Å²) in [6, 6.07) is 5.72. The molecule has 4 heteroatoms. The van der Waals surface area contributed by atoms with Gasteiger partial charge in [-0.15, -0.1) is 0 Å². The second-order valence-electron chi connectivity index (χ2n) is 3.70. The van der Waals surface area contributed by atoms with Crippen LogP contribution >= 0.6 is 0 Å². The summed E-state index contributed by atoms with van der Waals surface area (Å²) in [5.41, 5.74) is 1.07. The Kier molecular flexibility index (Phi) is 5.08. The smallest absolute Gasteiger partial charge is 0.122 e. The van der Waals surface area contributed by atoms with Gasteiger partial charge in [0, 0.05) is 19.2 Å². The molecule has 0 aliphatic carbocycles. The van der Waals surface area contributed by atoms with Crippen LogP contribution in [0.3, 0.4) is 0 Å². The Labute approximate surface area is 96.2 Å². The lowest BCUT2D eigenvalue weighted by molar-refractivity contribution is 0.191. The first-order valence-electron chi connectivity index (χ1n) is 5.26. The monoisotopic (exact) mass is 225 g/mol. The molecule has 1 atom stereocenters.